The molecule has 2 N–H and O–H groups in total. The molecule has 1 rings (SSSR count). The van der Waals surface area contributed by atoms with Crippen molar-refractivity contribution in [2.45, 2.75) is 31.4 Å². The van der Waals surface area contributed by atoms with Gasteiger partial charge in [-0.25, -0.2) is 13.1 Å². The summed E-state index contributed by atoms with van der Waals surface area (Å²) in [6.45, 7) is 5.89. The first-order valence-corrected chi connectivity index (χ1v) is 9.06. The lowest BCUT2D eigenvalue weighted by Crippen LogP contribution is -2.35. The third-order valence-electron chi connectivity index (χ3n) is 2.95. The van der Waals surface area contributed by atoms with Crippen LogP contribution in [0.3, 0.4) is 0 Å². The van der Waals surface area contributed by atoms with Crippen molar-refractivity contribution in [1.82, 2.24) is 10.0 Å². The van der Waals surface area contributed by atoms with Crippen LogP contribution in [0.2, 0.25) is 0 Å². The quantitative estimate of drug-likeness (QED) is 0.669. The van der Waals surface area contributed by atoms with Gasteiger partial charge in [0.25, 0.3) is 0 Å². The Balaban J connectivity index is 2.75. The van der Waals surface area contributed by atoms with Crippen LogP contribution in [0.25, 0.3) is 0 Å². The molecular formula is C13H24N2O4S2. The molecule has 0 aliphatic carbocycles. The smallest absolute Gasteiger partial charge is 0.241 e. The summed E-state index contributed by atoms with van der Waals surface area (Å²) < 4.78 is 37.4. The zero-order valence-electron chi connectivity index (χ0n) is 12.9. The van der Waals surface area contributed by atoms with Crippen LogP contribution in [0, 0.1) is 6.92 Å². The average Bonchev–Trinajstić information content (AvgIpc) is 2.83. The third kappa shape index (κ3) is 5.65. The monoisotopic (exact) mass is 336 g/mol. The lowest BCUT2D eigenvalue weighted by molar-refractivity contribution is 0.0320. The van der Waals surface area contributed by atoms with Crippen LogP contribution in [0.5, 0.6) is 0 Å². The van der Waals surface area contributed by atoms with Gasteiger partial charge in [0.05, 0.1) is 17.6 Å². The molecule has 122 valence electrons. The first-order chi connectivity index (χ1) is 9.94. The highest BCUT2D eigenvalue weighted by atomic mass is 32.2. The second kappa shape index (κ2) is 8.82. The summed E-state index contributed by atoms with van der Waals surface area (Å²) in [6.07, 6.45) is -0.301. The molecule has 8 heteroatoms. The molecule has 0 saturated heterocycles. The maximum atomic E-state index is 12.3. The number of hydrogen-bond acceptors (Lipinski definition) is 6. The lowest BCUT2D eigenvalue weighted by atomic mass is 10.4. The molecule has 1 aromatic heterocycles. The Morgan fingerprint density at radius 3 is 2.67 bits per heavy atom. The van der Waals surface area contributed by atoms with Crippen molar-refractivity contribution in [2.24, 2.45) is 0 Å². The standard InChI is InChI=1S/C13H24N2O4S2/c1-5-14-8-12-6-13(10(2)20-12)21(16,17)15-7-11(19-4)9-18-3/h6,11,14-15H,5,7-9H2,1-4H3. The van der Waals surface area contributed by atoms with E-state index in [0.717, 1.165) is 16.3 Å². The maximum absolute atomic E-state index is 12.3. The number of aryl methyl sites for hydroxylation is 1. The Kier molecular flexibility index (Phi) is 7.78. The molecule has 1 unspecified atom stereocenters. The lowest BCUT2D eigenvalue weighted by Gasteiger charge is -2.15. The highest BCUT2D eigenvalue weighted by Gasteiger charge is 2.21. The van der Waals surface area contributed by atoms with Crippen LogP contribution in [-0.4, -0.2) is 48.4 Å². The van der Waals surface area contributed by atoms with Crippen molar-refractivity contribution in [3.8, 4) is 0 Å². The summed E-state index contributed by atoms with van der Waals surface area (Å²) in [4.78, 5) is 2.14. The van der Waals surface area contributed by atoms with Gasteiger partial charge in [-0.05, 0) is 19.5 Å². The number of nitrogens with one attached hydrogen (secondary N) is 2. The van der Waals surface area contributed by atoms with Gasteiger partial charge in [0.1, 0.15) is 0 Å². The van der Waals surface area contributed by atoms with Crippen LogP contribution < -0.4 is 10.0 Å². The van der Waals surface area contributed by atoms with E-state index in [1.165, 1.54) is 18.4 Å². The molecule has 1 heterocycles. The maximum Gasteiger partial charge on any atom is 0.241 e. The number of sulfonamides is 1. The zero-order valence-corrected chi connectivity index (χ0v) is 14.6. The van der Waals surface area contributed by atoms with E-state index in [9.17, 15) is 8.42 Å². The fraction of sp³-hybridized carbons (Fsp3) is 0.692. The summed E-state index contributed by atoms with van der Waals surface area (Å²) in [7, 11) is -0.439. The predicted octanol–water partition coefficient (Wildman–Crippen LogP) is 1.11. The number of rotatable bonds is 10. The normalized spacial score (nSPS) is 13.5. The van der Waals surface area contributed by atoms with Crippen molar-refractivity contribution in [2.75, 3.05) is 33.9 Å². The molecular weight excluding hydrogens is 312 g/mol. The van der Waals surface area contributed by atoms with E-state index < -0.39 is 10.0 Å². The molecule has 21 heavy (non-hydrogen) atoms. The minimum Gasteiger partial charge on any atom is -0.382 e. The van der Waals surface area contributed by atoms with Gasteiger partial charge in [-0.15, -0.1) is 11.3 Å². The van der Waals surface area contributed by atoms with Crippen molar-refractivity contribution in [3.63, 3.8) is 0 Å². The largest absolute Gasteiger partial charge is 0.382 e. The van der Waals surface area contributed by atoms with E-state index in [0.29, 0.717) is 18.0 Å². The minimum absolute atomic E-state index is 0.185. The average molecular weight is 336 g/mol. The zero-order chi connectivity index (χ0) is 15.9. The molecule has 0 spiro atoms. The predicted molar refractivity (Wildman–Crippen MR) is 84.3 cm³/mol. The van der Waals surface area contributed by atoms with Gasteiger partial charge in [-0.3, -0.25) is 0 Å². The van der Waals surface area contributed by atoms with Crippen LogP contribution in [-0.2, 0) is 26.0 Å². The Morgan fingerprint density at radius 1 is 1.38 bits per heavy atom. The fourth-order valence-electron chi connectivity index (χ4n) is 1.80. The van der Waals surface area contributed by atoms with E-state index in [1.807, 2.05) is 13.8 Å². The van der Waals surface area contributed by atoms with Crippen LogP contribution >= 0.6 is 11.3 Å². The van der Waals surface area contributed by atoms with Gasteiger partial charge >= 0.3 is 0 Å². The molecule has 0 aliphatic heterocycles. The number of ether oxygens (including phenoxy) is 2. The first kappa shape index (κ1) is 18.5. The van der Waals surface area contributed by atoms with Crippen molar-refractivity contribution >= 4 is 21.4 Å². The van der Waals surface area contributed by atoms with Crippen molar-refractivity contribution in [1.29, 1.82) is 0 Å². The Morgan fingerprint density at radius 2 is 2.10 bits per heavy atom. The molecule has 0 amide bonds. The van der Waals surface area contributed by atoms with Crippen LogP contribution in [0.4, 0.5) is 0 Å². The van der Waals surface area contributed by atoms with Gasteiger partial charge in [0.15, 0.2) is 0 Å². The Labute approximate surface area is 130 Å². The molecule has 1 atom stereocenters. The van der Waals surface area contributed by atoms with Crippen LogP contribution in [0.15, 0.2) is 11.0 Å². The van der Waals surface area contributed by atoms with Gasteiger partial charge in [-0.1, -0.05) is 6.92 Å². The molecule has 0 aromatic carbocycles. The van der Waals surface area contributed by atoms with Gasteiger partial charge in [0, 0.05) is 37.1 Å². The second-order valence-corrected chi connectivity index (χ2v) is 7.65. The van der Waals surface area contributed by atoms with Crippen LogP contribution in [0.1, 0.15) is 16.7 Å². The molecule has 6 nitrogen and oxygen atoms in total. The molecule has 1 aromatic rings. The Bertz CT molecular complexity index is 528. The fourth-order valence-corrected chi connectivity index (χ4v) is 4.47. The molecule has 0 bridgehead atoms. The summed E-state index contributed by atoms with van der Waals surface area (Å²) in [5.41, 5.74) is 0. The summed E-state index contributed by atoms with van der Waals surface area (Å²) >= 11 is 1.49. The molecule has 0 radical (unpaired) electrons. The molecule has 0 fully saturated rings. The molecule has 0 saturated carbocycles. The second-order valence-electron chi connectivity index (χ2n) is 4.58. The molecule has 0 aliphatic rings. The highest BCUT2D eigenvalue weighted by Crippen LogP contribution is 2.25. The van der Waals surface area contributed by atoms with E-state index >= 15 is 0 Å². The topological polar surface area (TPSA) is 76.7 Å². The third-order valence-corrected chi connectivity index (χ3v) is 5.68. The van der Waals surface area contributed by atoms with Crippen molar-refractivity contribution in [3.05, 3.63) is 15.8 Å². The van der Waals surface area contributed by atoms with E-state index in [4.69, 9.17) is 9.47 Å². The number of methoxy groups -OCH3 is 2. The first-order valence-electron chi connectivity index (χ1n) is 6.76. The van der Waals surface area contributed by atoms with Gasteiger partial charge < -0.3 is 14.8 Å². The van der Waals surface area contributed by atoms with Gasteiger partial charge in [-0.2, -0.15) is 0 Å². The minimum atomic E-state index is -3.52. The summed E-state index contributed by atoms with van der Waals surface area (Å²) in [5.74, 6) is 0. The highest BCUT2D eigenvalue weighted by molar-refractivity contribution is 7.89. The number of hydrogen-bond donors (Lipinski definition) is 2. The SMILES string of the molecule is CCNCc1cc(S(=O)(=O)NCC(COC)OC)c(C)s1. The van der Waals surface area contributed by atoms with E-state index in [1.54, 1.807) is 13.2 Å². The van der Waals surface area contributed by atoms with Gasteiger partial charge in [0.2, 0.25) is 10.0 Å². The van der Waals surface area contributed by atoms with E-state index in [2.05, 4.69) is 10.0 Å². The summed E-state index contributed by atoms with van der Waals surface area (Å²) in [6, 6.07) is 1.73. The Hall–Kier alpha value is -0.510. The van der Waals surface area contributed by atoms with E-state index in [-0.39, 0.29) is 12.6 Å². The number of thiophene rings is 1. The summed E-state index contributed by atoms with van der Waals surface area (Å²) in [5, 5.41) is 3.19. The van der Waals surface area contributed by atoms with Crippen molar-refractivity contribution < 1.29 is 17.9 Å².